The topological polar surface area (TPSA) is 33.6 Å². The molecule has 0 atom stereocenters. The molecule has 5 heteroatoms. The van der Waals surface area contributed by atoms with Gasteiger partial charge in [0.1, 0.15) is 6.33 Å². The van der Waals surface area contributed by atoms with E-state index in [4.69, 9.17) is 12.2 Å². The van der Waals surface area contributed by atoms with Gasteiger partial charge < -0.3 is 4.57 Å². The molecule has 0 unspecified atom stereocenters. The second-order valence-corrected chi connectivity index (χ2v) is 3.57. The third-order valence-corrected chi connectivity index (χ3v) is 2.39. The van der Waals surface area contributed by atoms with Gasteiger partial charge in [0.05, 0.1) is 0 Å². The van der Waals surface area contributed by atoms with Crippen molar-refractivity contribution in [1.29, 1.82) is 0 Å². The molecule has 0 bridgehead atoms. The SMILES string of the molecule is CSCCCn1cn[nH]c1=S. The van der Waals surface area contributed by atoms with Crippen molar-refractivity contribution in [2.24, 2.45) is 0 Å². The van der Waals surface area contributed by atoms with Gasteiger partial charge in [-0.15, -0.1) is 0 Å². The Morgan fingerprint density at radius 1 is 1.82 bits per heavy atom. The number of rotatable bonds is 4. The molecule has 0 aliphatic carbocycles. The largest absolute Gasteiger partial charge is 0.307 e. The van der Waals surface area contributed by atoms with Gasteiger partial charge in [-0.1, -0.05) is 0 Å². The molecule has 0 saturated heterocycles. The summed E-state index contributed by atoms with van der Waals surface area (Å²) < 4.78 is 2.66. The van der Waals surface area contributed by atoms with Crippen molar-refractivity contribution < 1.29 is 0 Å². The lowest BCUT2D eigenvalue weighted by Crippen LogP contribution is -1.97. The minimum atomic E-state index is 0.714. The first-order valence-electron chi connectivity index (χ1n) is 3.43. The normalized spacial score (nSPS) is 10.3. The number of aromatic nitrogens is 3. The van der Waals surface area contributed by atoms with Gasteiger partial charge in [0.2, 0.25) is 0 Å². The average Bonchev–Trinajstić information content (AvgIpc) is 2.37. The van der Waals surface area contributed by atoms with Gasteiger partial charge in [0.25, 0.3) is 0 Å². The van der Waals surface area contributed by atoms with E-state index in [0.717, 1.165) is 13.0 Å². The average molecular weight is 189 g/mol. The highest BCUT2D eigenvalue weighted by Crippen LogP contribution is 1.98. The van der Waals surface area contributed by atoms with E-state index < -0.39 is 0 Å². The van der Waals surface area contributed by atoms with Gasteiger partial charge in [0, 0.05) is 6.54 Å². The van der Waals surface area contributed by atoms with Crippen molar-refractivity contribution in [2.45, 2.75) is 13.0 Å². The summed E-state index contributed by atoms with van der Waals surface area (Å²) in [5.74, 6) is 1.17. The lowest BCUT2D eigenvalue weighted by atomic mass is 10.5. The Morgan fingerprint density at radius 3 is 3.18 bits per heavy atom. The van der Waals surface area contributed by atoms with E-state index >= 15 is 0 Å². The van der Waals surface area contributed by atoms with E-state index in [1.807, 2.05) is 16.3 Å². The van der Waals surface area contributed by atoms with Crippen molar-refractivity contribution in [3.05, 3.63) is 11.1 Å². The van der Waals surface area contributed by atoms with Crippen LogP contribution < -0.4 is 0 Å². The lowest BCUT2D eigenvalue weighted by molar-refractivity contribution is 0.673. The van der Waals surface area contributed by atoms with Crippen molar-refractivity contribution in [1.82, 2.24) is 14.8 Å². The summed E-state index contributed by atoms with van der Waals surface area (Å²) >= 11 is 6.82. The van der Waals surface area contributed by atoms with Gasteiger partial charge in [0.15, 0.2) is 4.77 Å². The molecule has 0 radical (unpaired) electrons. The second-order valence-electron chi connectivity index (χ2n) is 2.20. The molecule has 1 rings (SSSR count). The van der Waals surface area contributed by atoms with Crippen LogP contribution >= 0.6 is 24.0 Å². The van der Waals surface area contributed by atoms with Crippen LogP contribution in [0.25, 0.3) is 0 Å². The Morgan fingerprint density at radius 2 is 2.64 bits per heavy atom. The summed E-state index contributed by atoms with van der Waals surface area (Å²) in [5.41, 5.74) is 0. The van der Waals surface area contributed by atoms with Gasteiger partial charge in [-0.2, -0.15) is 16.9 Å². The highest BCUT2D eigenvalue weighted by atomic mass is 32.2. The van der Waals surface area contributed by atoms with Crippen LogP contribution in [0.2, 0.25) is 0 Å². The van der Waals surface area contributed by atoms with Crippen LogP contribution in [0.1, 0.15) is 6.42 Å². The summed E-state index contributed by atoms with van der Waals surface area (Å²) in [7, 11) is 0. The minimum absolute atomic E-state index is 0.714. The predicted octanol–water partition coefficient (Wildman–Crippen LogP) is 1.69. The zero-order chi connectivity index (χ0) is 8.10. The van der Waals surface area contributed by atoms with Gasteiger partial charge in [-0.3, -0.25) is 5.10 Å². The molecule has 0 amide bonds. The molecule has 0 aromatic carbocycles. The molecule has 1 aromatic rings. The first-order valence-corrected chi connectivity index (χ1v) is 5.23. The Bertz CT molecular complexity index is 252. The fourth-order valence-electron chi connectivity index (χ4n) is 0.809. The number of hydrogen-bond acceptors (Lipinski definition) is 3. The summed E-state index contributed by atoms with van der Waals surface area (Å²) in [6.45, 7) is 0.968. The number of H-pyrrole nitrogens is 1. The van der Waals surface area contributed by atoms with Crippen LogP contribution in [0, 0.1) is 4.77 Å². The van der Waals surface area contributed by atoms with Crippen molar-refractivity contribution in [3.8, 4) is 0 Å². The number of thioether (sulfide) groups is 1. The summed E-state index contributed by atoms with van der Waals surface area (Å²) in [4.78, 5) is 0. The Kier molecular flexibility index (Phi) is 3.65. The third kappa shape index (κ3) is 2.67. The zero-order valence-electron chi connectivity index (χ0n) is 6.41. The van der Waals surface area contributed by atoms with E-state index in [2.05, 4.69) is 16.5 Å². The maximum atomic E-state index is 4.97. The molecule has 1 heterocycles. The van der Waals surface area contributed by atoms with Crippen LogP contribution in [-0.2, 0) is 6.54 Å². The maximum Gasteiger partial charge on any atom is 0.194 e. The summed E-state index contributed by atoms with van der Waals surface area (Å²) in [6.07, 6.45) is 4.99. The van der Waals surface area contributed by atoms with Crippen LogP contribution in [0.3, 0.4) is 0 Å². The Hall–Kier alpha value is -0.290. The zero-order valence-corrected chi connectivity index (χ0v) is 8.04. The van der Waals surface area contributed by atoms with Crippen molar-refractivity contribution in [3.63, 3.8) is 0 Å². The quantitative estimate of drug-likeness (QED) is 0.578. The van der Waals surface area contributed by atoms with Crippen molar-refractivity contribution >= 4 is 24.0 Å². The number of hydrogen-bond donors (Lipinski definition) is 1. The third-order valence-electron chi connectivity index (χ3n) is 1.37. The molecular weight excluding hydrogens is 178 g/mol. The first-order chi connectivity index (χ1) is 5.34. The fourth-order valence-corrected chi connectivity index (χ4v) is 1.42. The molecule has 62 valence electrons. The lowest BCUT2D eigenvalue weighted by Gasteiger charge is -1.98. The molecule has 0 spiro atoms. The van der Waals surface area contributed by atoms with E-state index in [1.165, 1.54) is 5.75 Å². The number of aromatic amines is 1. The Labute approximate surface area is 75.2 Å². The van der Waals surface area contributed by atoms with Crippen LogP contribution in [0.5, 0.6) is 0 Å². The van der Waals surface area contributed by atoms with Crippen LogP contribution in [0.4, 0.5) is 0 Å². The molecule has 0 fully saturated rings. The summed E-state index contributed by atoms with van der Waals surface area (Å²) in [6, 6.07) is 0. The highest BCUT2D eigenvalue weighted by Gasteiger charge is 1.91. The maximum absolute atomic E-state index is 4.97. The fraction of sp³-hybridized carbons (Fsp3) is 0.667. The van der Waals surface area contributed by atoms with Gasteiger partial charge >= 0.3 is 0 Å². The number of nitrogens with zero attached hydrogens (tertiary/aromatic N) is 2. The summed E-state index contributed by atoms with van der Waals surface area (Å²) in [5, 5.41) is 6.54. The molecule has 0 saturated carbocycles. The van der Waals surface area contributed by atoms with E-state index in [0.29, 0.717) is 4.77 Å². The molecule has 11 heavy (non-hydrogen) atoms. The molecule has 3 nitrogen and oxygen atoms in total. The Balaban J connectivity index is 2.39. The molecule has 1 aromatic heterocycles. The van der Waals surface area contributed by atoms with Crippen LogP contribution in [0.15, 0.2) is 6.33 Å². The monoisotopic (exact) mass is 189 g/mol. The first kappa shape index (κ1) is 8.80. The number of nitrogens with one attached hydrogen (secondary N) is 1. The van der Waals surface area contributed by atoms with E-state index in [9.17, 15) is 0 Å². The van der Waals surface area contributed by atoms with Gasteiger partial charge in [-0.25, -0.2) is 0 Å². The highest BCUT2D eigenvalue weighted by molar-refractivity contribution is 7.98. The van der Waals surface area contributed by atoms with Crippen LogP contribution in [-0.4, -0.2) is 26.8 Å². The smallest absolute Gasteiger partial charge is 0.194 e. The molecule has 0 aliphatic heterocycles. The number of aryl methyl sites for hydroxylation is 1. The van der Waals surface area contributed by atoms with Crippen molar-refractivity contribution in [2.75, 3.05) is 12.0 Å². The van der Waals surface area contributed by atoms with E-state index in [1.54, 1.807) is 6.33 Å². The minimum Gasteiger partial charge on any atom is -0.307 e. The second kappa shape index (κ2) is 4.56. The molecule has 0 aliphatic rings. The molecule has 1 N–H and O–H groups in total. The van der Waals surface area contributed by atoms with Gasteiger partial charge in [-0.05, 0) is 30.6 Å². The molecular formula is C6H11N3S2. The van der Waals surface area contributed by atoms with E-state index in [-0.39, 0.29) is 0 Å². The standard InChI is InChI=1S/C6H11N3S2/c1-11-4-2-3-9-5-7-8-6(9)10/h5H,2-4H2,1H3,(H,8,10). The predicted molar refractivity (Wildman–Crippen MR) is 50.4 cm³/mol.